The molecule has 0 aliphatic heterocycles. The minimum atomic E-state index is -1.11. The van der Waals surface area contributed by atoms with Gasteiger partial charge in [-0.3, -0.25) is 19.2 Å². The first-order valence-corrected chi connectivity index (χ1v) is 8.53. The van der Waals surface area contributed by atoms with Crippen LogP contribution in [-0.2, 0) is 4.79 Å². The Kier molecular flexibility index (Phi) is 4.01. The molecule has 2 aliphatic carbocycles. The van der Waals surface area contributed by atoms with Crippen molar-refractivity contribution in [2.45, 2.75) is 0 Å². The molecule has 7 heteroatoms. The molecule has 0 saturated heterocycles. The van der Waals surface area contributed by atoms with Crippen LogP contribution < -0.4 is 4.74 Å². The van der Waals surface area contributed by atoms with Crippen molar-refractivity contribution in [1.29, 1.82) is 0 Å². The van der Waals surface area contributed by atoms with Crippen molar-refractivity contribution < 1.29 is 29.0 Å². The zero-order valence-corrected chi connectivity index (χ0v) is 15.2. The molecule has 2 aliphatic rings. The third-order valence-electron chi connectivity index (χ3n) is 4.71. The molecule has 6 nitrogen and oxygen atoms in total. The number of fused-ring (bicyclic) bond motifs is 2. The second-order valence-corrected chi connectivity index (χ2v) is 6.56. The van der Waals surface area contributed by atoms with E-state index in [0.29, 0.717) is 5.75 Å². The Morgan fingerprint density at radius 3 is 2.00 bits per heavy atom. The molecule has 0 radical (unpaired) electrons. The number of benzene rings is 2. The quantitative estimate of drug-likeness (QED) is 0.785. The van der Waals surface area contributed by atoms with Gasteiger partial charge in [-0.1, -0.05) is 35.9 Å². The highest BCUT2D eigenvalue weighted by atomic mass is 35.5. The van der Waals surface area contributed by atoms with Crippen molar-refractivity contribution in [3.05, 3.63) is 80.9 Å². The van der Waals surface area contributed by atoms with Crippen molar-refractivity contribution in [2.24, 2.45) is 0 Å². The van der Waals surface area contributed by atoms with Gasteiger partial charge in [0, 0.05) is 22.3 Å². The average molecular weight is 395 g/mol. The Morgan fingerprint density at radius 2 is 1.36 bits per heavy atom. The number of Topliss-reactive ketones (excluding diaryl/α,β-unsaturated/α-hetero) is 4. The van der Waals surface area contributed by atoms with E-state index >= 15 is 0 Å². The summed E-state index contributed by atoms with van der Waals surface area (Å²) in [6.07, 6.45) is 0. The van der Waals surface area contributed by atoms with E-state index in [9.17, 15) is 24.3 Å². The molecular weight excluding hydrogens is 384 g/mol. The number of rotatable bonds is 2. The van der Waals surface area contributed by atoms with Crippen molar-refractivity contribution in [3.63, 3.8) is 0 Å². The van der Waals surface area contributed by atoms with Crippen molar-refractivity contribution in [2.75, 3.05) is 7.11 Å². The molecular formula is C21H11ClO6. The largest absolute Gasteiger partial charge is 0.506 e. The van der Waals surface area contributed by atoms with Gasteiger partial charge in [0.25, 0.3) is 0 Å². The molecule has 0 spiro atoms. The van der Waals surface area contributed by atoms with Gasteiger partial charge >= 0.3 is 0 Å². The Balaban J connectivity index is 2.01. The minimum absolute atomic E-state index is 0.0232. The number of hydrogen-bond acceptors (Lipinski definition) is 6. The van der Waals surface area contributed by atoms with Gasteiger partial charge < -0.3 is 9.84 Å². The number of halogens is 1. The van der Waals surface area contributed by atoms with Crippen LogP contribution >= 0.6 is 11.6 Å². The average Bonchev–Trinajstić information content (AvgIpc) is 2.72. The molecule has 0 aromatic heterocycles. The summed E-state index contributed by atoms with van der Waals surface area (Å²) in [5.74, 6) is -3.67. The third-order valence-corrected chi connectivity index (χ3v) is 5.07. The van der Waals surface area contributed by atoms with E-state index < -0.39 is 45.1 Å². The maximum Gasteiger partial charge on any atom is 0.238 e. The highest BCUT2D eigenvalue weighted by Crippen LogP contribution is 2.39. The summed E-state index contributed by atoms with van der Waals surface area (Å²) < 4.78 is 5.09. The number of carbonyl (C=O) groups excluding carboxylic acids is 4. The summed E-state index contributed by atoms with van der Waals surface area (Å²) in [6, 6.07) is 10.2. The van der Waals surface area contributed by atoms with E-state index in [1.54, 1.807) is 12.1 Å². The molecule has 2 aromatic carbocycles. The van der Waals surface area contributed by atoms with E-state index in [-0.39, 0.29) is 22.3 Å². The van der Waals surface area contributed by atoms with Crippen LogP contribution in [0.4, 0.5) is 0 Å². The maximum absolute atomic E-state index is 13.0. The van der Waals surface area contributed by atoms with Gasteiger partial charge in [-0.25, -0.2) is 0 Å². The Bertz CT molecular complexity index is 1190. The zero-order chi connectivity index (χ0) is 20.2. The van der Waals surface area contributed by atoms with Crippen LogP contribution in [0.1, 0.15) is 36.6 Å². The lowest BCUT2D eigenvalue weighted by Gasteiger charge is -2.23. The Morgan fingerprint density at radius 1 is 0.750 bits per heavy atom. The van der Waals surface area contributed by atoms with Crippen LogP contribution in [0.5, 0.6) is 5.75 Å². The molecule has 0 bridgehead atoms. The third kappa shape index (κ3) is 2.35. The van der Waals surface area contributed by atoms with Gasteiger partial charge in [0.05, 0.1) is 18.3 Å². The smallest absolute Gasteiger partial charge is 0.238 e. The minimum Gasteiger partial charge on any atom is -0.506 e. The number of ketones is 4. The summed E-state index contributed by atoms with van der Waals surface area (Å²) in [5, 5.41) is 10.2. The van der Waals surface area contributed by atoms with Crippen LogP contribution in [0.2, 0.25) is 0 Å². The van der Waals surface area contributed by atoms with Gasteiger partial charge in [-0.05, 0) is 18.2 Å². The standard InChI is InChI=1S/C21H11ClO6/c1-28-9-6-7-12-13(8-9)18(24)15(21(27)20(12)26)14-16(22)19(25)11-5-3-2-4-10(11)17(14)23/h2-8,24H,1H3. The molecule has 0 saturated carbocycles. The summed E-state index contributed by atoms with van der Waals surface area (Å²) in [4.78, 5) is 50.8. The summed E-state index contributed by atoms with van der Waals surface area (Å²) in [7, 11) is 1.40. The predicted octanol–water partition coefficient (Wildman–Crippen LogP) is 3.30. The lowest BCUT2D eigenvalue weighted by molar-refractivity contribution is -0.111. The van der Waals surface area contributed by atoms with Gasteiger partial charge in [0.1, 0.15) is 16.5 Å². The molecule has 1 N–H and O–H groups in total. The number of allylic oxidation sites excluding steroid dienone is 3. The number of carbonyl (C=O) groups is 4. The van der Waals surface area contributed by atoms with E-state index in [2.05, 4.69) is 0 Å². The SMILES string of the molecule is COc1ccc2c(c1)C(O)=C(C1=C(Cl)C(=O)c3ccccc3C1=O)C(=O)C2=O. The first-order chi connectivity index (χ1) is 13.4. The number of ether oxygens (including phenoxy) is 1. The highest BCUT2D eigenvalue weighted by molar-refractivity contribution is 6.57. The van der Waals surface area contributed by atoms with Crippen LogP contribution in [0, 0.1) is 0 Å². The number of aliphatic hydroxyl groups is 1. The van der Waals surface area contributed by atoms with E-state index in [1.165, 1.54) is 37.4 Å². The molecule has 4 rings (SSSR count). The fourth-order valence-electron chi connectivity index (χ4n) is 3.32. The first-order valence-electron chi connectivity index (χ1n) is 8.16. The highest BCUT2D eigenvalue weighted by Gasteiger charge is 2.42. The van der Waals surface area contributed by atoms with E-state index in [0.717, 1.165) is 0 Å². The molecule has 28 heavy (non-hydrogen) atoms. The van der Waals surface area contributed by atoms with E-state index in [1.807, 2.05) is 0 Å². The topological polar surface area (TPSA) is 97.7 Å². The number of hydrogen-bond donors (Lipinski definition) is 1. The Labute approximate surface area is 163 Å². The van der Waals surface area contributed by atoms with Crippen LogP contribution in [0.15, 0.2) is 58.6 Å². The summed E-state index contributed by atoms with van der Waals surface area (Å²) >= 11 is 6.13. The summed E-state index contributed by atoms with van der Waals surface area (Å²) in [5.41, 5.74) is -0.922. The molecule has 0 amide bonds. The lowest BCUT2D eigenvalue weighted by atomic mass is 9.79. The lowest BCUT2D eigenvalue weighted by Crippen LogP contribution is -2.30. The zero-order valence-electron chi connectivity index (χ0n) is 14.4. The normalized spacial score (nSPS) is 16.4. The monoisotopic (exact) mass is 394 g/mol. The van der Waals surface area contributed by atoms with Gasteiger partial charge in [0.15, 0.2) is 5.78 Å². The number of aliphatic hydroxyl groups excluding tert-OH is 1. The Hall–Kier alpha value is -3.51. The maximum atomic E-state index is 13.0. The molecule has 0 heterocycles. The van der Waals surface area contributed by atoms with Crippen LogP contribution in [-0.4, -0.2) is 35.3 Å². The molecule has 0 fully saturated rings. The van der Waals surface area contributed by atoms with Gasteiger partial charge in [-0.15, -0.1) is 0 Å². The number of methoxy groups -OCH3 is 1. The first kappa shape index (κ1) is 17.9. The van der Waals surface area contributed by atoms with Crippen molar-refractivity contribution >= 4 is 40.5 Å². The second-order valence-electron chi connectivity index (χ2n) is 6.19. The van der Waals surface area contributed by atoms with E-state index in [4.69, 9.17) is 16.3 Å². The fourth-order valence-corrected chi connectivity index (χ4v) is 3.60. The molecule has 0 unspecified atom stereocenters. The summed E-state index contributed by atoms with van der Waals surface area (Å²) in [6.45, 7) is 0. The van der Waals surface area contributed by atoms with Crippen LogP contribution in [0.3, 0.4) is 0 Å². The van der Waals surface area contributed by atoms with Crippen LogP contribution in [0.25, 0.3) is 5.76 Å². The van der Waals surface area contributed by atoms with Gasteiger partial charge in [0.2, 0.25) is 17.3 Å². The molecule has 138 valence electrons. The van der Waals surface area contributed by atoms with Crippen molar-refractivity contribution in [1.82, 2.24) is 0 Å². The molecule has 2 aromatic rings. The molecule has 0 atom stereocenters. The second kappa shape index (κ2) is 6.28. The van der Waals surface area contributed by atoms with Crippen molar-refractivity contribution in [3.8, 4) is 5.75 Å². The fraction of sp³-hybridized carbons (Fsp3) is 0.0476. The van der Waals surface area contributed by atoms with Gasteiger partial charge in [-0.2, -0.15) is 0 Å². The predicted molar refractivity (Wildman–Crippen MR) is 99.9 cm³/mol.